The van der Waals surface area contributed by atoms with Crippen molar-refractivity contribution in [3.05, 3.63) is 28.8 Å². The van der Waals surface area contributed by atoms with Crippen molar-refractivity contribution in [2.24, 2.45) is 0 Å². The van der Waals surface area contributed by atoms with Crippen LogP contribution in [-0.4, -0.2) is 49.7 Å². The summed E-state index contributed by atoms with van der Waals surface area (Å²) in [6.07, 6.45) is 0.306. The first-order chi connectivity index (χ1) is 10.3. The number of rotatable bonds is 7. The van der Waals surface area contributed by atoms with Crippen molar-refractivity contribution < 1.29 is 19.1 Å². The summed E-state index contributed by atoms with van der Waals surface area (Å²) < 4.78 is 5.35. The van der Waals surface area contributed by atoms with E-state index in [1.165, 1.54) is 11.0 Å². The molecular weight excluding hydrogens is 308 g/mol. The fourth-order valence-corrected chi connectivity index (χ4v) is 1.74. The zero-order valence-electron chi connectivity index (χ0n) is 12.8. The van der Waals surface area contributed by atoms with Crippen LogP contribution >= 0.6 is 11.6 Å². The van der Waals surface area contributed by atoms with Gasteiger partial charge in [-0.25, -0.2) is 0 Å². The van der Waals surface area contributed by atoms with Gasteiger partial charge in [-0.05, 0) is 18.2 Å². The van der Waals surface area contributed by atoms with Crippen LogP contribution < -0.4 is 10.1 Å². The van der Waals surface area contributed by atoms with Crippen LogP contribution in [0.4, 0.5) is 0 Å². The number of amides is 2. The molecule has 7 heteroatoms. The summed E-state index contributed by atoms with van der Waals surface area (Å²) in [6, 6.07) is 4.64. The molecule has 1 N–H and O–H groups in total. The van der Waals surface area contributed by atoms with Crippen LogP contribution in [-0.2, 0) is 9.59 Å². The Hall–Kier alpha value is -2.08. The smallest absolute Gasteiger partial charge is 0.258 e. The first kappa shape index (κ1) is 18.0. The van der Waals surface area contributed by atoms with E-state index in [0.717, 1.165) is 0 Å². The highest BCUT2D eigenvalue weighted by molar-refractivity contribution is 6.31. The number of Topliss-reactive ketones (excluding diaryl/α,β-unsaturated/α-hetero) is 1. The number of benzene rings is 1. The van der Waals surface area contributed by atoms with Crippen LogP contribution in [0.2, 0.25) is 5.02 Å². The fraction of sp³-hybridized carbons (Fsp3) is 0.400. The molecule has 0 bridgehead atoms. The molecule has 0 aromatic heterocycles. The molecule has 0 unspecified atom stereocenters. The standard InChI is InChI=1S/C15H19ClN2O4/c1-4-12(19)11-7-10(16)5-6-13(11)22-9-14(20)17-8-15(21)18(2)3/h5-7H,4,8-9H2,1-3H3,(H,17,20). The van der Waals surface area contributed by atoms with Gasteiger partial charge < -0.3 is 15.0 Å². The summed E-state index contributed by atoms with van der Waals surface area (Å²) in [5.41, 5.74) is 0.340. The van der Waals surface area contributed by atoms with Gasteiger partial charge in [-0.15, -0.1) is 0 Å². The van der Waals surface area contributed by atoms with Gasteiger partial charge >= 0.3 is 0 Å². The molecule has 0 heterocycles. The van der Waals surface area contributed by atoms with Gasteiger partial charge in [0.1, 0.15) is 5.75 Å². The highest BCUT2D eigenvalue weighted by Gasteiger charge is 2.13. The maximum atomic E-state index is 11.8. The van der Waals surface area contributed by atoms with Gasteiger partial charge in [-0.3, -0.25) is 14.4 Å². The van der Waals surface area contributed by atoms with Crippen molar-refractivity contribution in [1.29, 1.82) is 0 Å². The van der Waals surface area contributed by atoms with E-state index in [1.54, 1.807) is 33.2 Å². The van der Waals surface area contributed by atoms with E-state index < -0.39 is 5.91 Å². The molecule has 120 valence electrons. The van der Waals surface area contributed by atoms with Crippen LogP contribution in [0.5, 0.6) is 5.75 Å². The number of carbonyl (C=O) groups excluding carboxylic acids is 3. The average molecular weight is 327 g/mol. The molecular formula is C15H19ClN2O4. The minimum atomic E-state index is -0.444. The number of ether oxygens (including phenoxy) is 1. The second-order valence-corrected chi connectivity index (χ2v) is 5.21. The molecule has 0 radical (unpaired) electrons. The molecule has 22 heavy (non-hydrogen) atoms. The Morgan fingerprint density at radius 2 is 1.95 bits per heavy atom. The Labute approximate surface area is 134 Å². The highest BCUT2D eigenvalue weighted by atomic mass is 35.5. The monoisotopic (exact) mass is 326 g/mol. The van der Waals surface area contributed by atoms with E-state index in [0.29, 0.717) is 22.8 Å². The summed E-state index contributed by atoms with van der Waals surface area (Å²) in [7, 11) is 3.20. The second-order valence-electron chi connectivity index (χ2n) is 4.77. The lowest BCUT2D eigenvalue weighted by atomic mass is 10.1. The van der Waals surface area contributed by atoms with Gasteiger partial charge in [0.2, 0.25) is 5.91 Å². The van der Waals surface area contributed by atoms with Crippen molar-refractivity contribution >= 4 is 29.2 Å². The van der Waals surface area contributed by atoms with Gasteiger partial charge in [0, 0.05) is 25.5 Å². The molecule has 0 atom stereocenters. The largest absolute Gasteiger partial charge is 0.483 e. The van der Waals surface area contributed by atoms with Crippen LogP contribution in [0.3, 0.4) is 0 Å². The van der Waals surface area contributed by atoms with Crippen molar-refractivity contribution in [1.82, 2.24) is 10.2 Å². The third kappa shape index (κ3) is 5.37. The molecule has 0 spiro atoms. The summed E-state index contributed by atoms with van der Waals surface area (Å²) >= 11 is 5.87. The summed E-state index contributed by atoms with van der Waals surface area (Å²) in [4.78, 5) is 36.2. The molecule has 0 aliphatic heterocycles. The van der Waals surface area contributed by atoms with Crippen LogP contribution in [0.25, 0.3) is 0 Å². The molecule has 0 saturated carbocycles. The van der Waals surface area contributed by atoms with Gasteiger partial charge in [0.15, 0.2) is 12.4 Å². The number of ketones is 1. The van der Waals surface area contributed by atoms with Crippen LogP contribution in [0, 0.1) is 0 Å². The third-order valence-electron chi connectivity index (χ3n) is 2.86. The van der Waals surface area contributed by atoms with Crippen molar-refractivity contribution in [3.63, 3.8) is 0 Å². The Kier molecular flexibility index (Phi) is 6.85. The van der Waals surface area contributed by atoms with E-state index in [-0.39, 0.29) is 24.8 Å². The van der Waals surface area contributed by atoms with E-state index in [9.17, 15) is 14.4 Å². The van der Waals surface area contributed by atoms with E-state index >= 15 is 0 Å². The average Bonchev–Trinajstić information content (AvgIpc) is 2.50. The van der Waals surface area contributed by atoms with Crippen LogP contribution in [0.15, 0.2) is 18.2 Å². The molecule has 2 amide bonds. The quantitative estimate of drug-likeness (QED) is 0.771. The predicted molar refractivity (Wildman–Crippen MR) is 83.3 cm³/mol. The number of halogens is 1. The molecule has 1 aromatic rings. The van der Waals surface area contributed by atoms with Crippen molar-refractivity contribution in [2.75, 3.05) is 27.2 Å². The Morgan fingerprint density at radius 1 is 1.27 bits per heavy atom. The SMILES string of the molecule is CCC(=O)c1cc(Cl)ccc1OCC(=O)NCC(=O)N(C)C. The predicted octanol–water partition coefficient (Wildman–Crippen LogP) is 1.52. The number of hydrogen-bond acceptors (Lipinski definition) is 4. The van der Waals surface area contributed by atoms with Gasteiger partial charge in [0.25, 0.3) is 5.91 Å². The molecule has 0 aliphatic rings. The van der Waals surface area contributed by atoms with Crippen LogP contribution in [0.1, 0.15) is 23.7 Å². The van der Waals surface area contributed by atoms with Gasteiger partial charge in [-0.2, -0.15) is 0 Å². The third-order valence-corrected chi connectivity index (χ3v) is 3.09. The minimum Gasteiger partial charge on any atom is -0.483 e. The fourth-order valence-electron chi connectivity index (χ4n) is 1.56. The number of likely N-dealkylation sites (N-methyl/N-ethyl adjacent to an activating group) is 1. The van der Waals surface area contributed by atoms with E-state index in [1.807, 2.05) is 0 Å². The summed E-state index contributed by atoms with van der Waals surface area (Å²) in [5.74, 6) is -0.493. The maximum Gasteiger partial charge on any atom is 0.258 e. The lowest BCUT2D eigenvalue weighted by molar-refractivity contribution is -0.131. The number of nitrogens with one attached hydrogen (secondary N) is 1. The maximum absolute atomic E-state index is 11.8. The zero-order chi connectivity index (χ0) is 16.7. The number of hydrogen-bond donors (Lipinski definition) is 1. The Morgan fingerprint density at radius 3 is 2.55 bits per heavy atom. The lowest BCUT2D eigenvalue weighted by Gasteiger charge is -2.12. The minimum absolute atomic E-state index is 0.101. The van der Waals surface area contributed by atoms with E-state index in [4.69, 9.17) is 16.3 Å². The van der Waals surface area contributed by atoms with Crippen molar-refractivity contribution in [3.8, 4) is 5.75 Å². The lowest BCUT2D eigenvalue weighted by Crippen LogP contribution is -2.38. The van der Waals surface area contributed by atoms with Gasteiger partial charge in [0.05, 0.1) is 12.1 Å². The molecule has 0 fully saturated rings. The first-order valence-electron chi connectivity index (χ1n) is 6.77. The first-order valence-corrected chi connectivity index (χ1v) is 7.15. The zero-order valence-corrected chi connectivity index (χ0v) is 13.6. The molecule has 0 aliphatic carbocycles. The summed E-state index contributed by atoms with van der Waals surface area (Å²) in [6.45, 7) is 1.34. The highest BCUT2D eigenvalue weighted by Crippen LogP contribution is 2.24. The van der Waals surface area contributed by atoms with Crippen molar-refractivity contribution in [2.45, 2.75) is 13.3 Å². The number of nitrogens with zero attached hydrogens (tertiary/aromatic N) is 1. The summed E-state index contributed by atoms with van der Waals surface area (Å²) in [5, 5.41) is 2.86. The molecule has 6 nitrogen and oxygen atoms in total. The van der Waals surface area contributed by atoms with E-state index in [2.05, 4.69) is 5.32 Å². The van der Waals surface area contributed by atoms with Gasteiger partial charge in [-0.1, -0.05) is 18.5 Å². The Balaban J connectivity index is 2.62. The second kappa shape index (κ2) is 8.38. The molecule has 0 saturated heterocycles. The Bertz CT molecular complexity index is 573. The normalized spacial score (nSPS) is 10.0. The molecule has 1 aromatic carbocycles. The topological polar surface area (TPSA) is 75.7 Å². The molecule has 1 rings (SSSR count). The number of carbonyl (C=O) groups is 3.